The predicted octanol–water partition coefficient (Wildman–Crippen LogP) is 3.94. The van der Waals surface area contributed by atoms with E-state index < -0.39 is 0 Å². The second-order valence-electron chi connectivity index (χ2n) is 6.59. The molecule has 1 heterocycles. The number of thioether (sulfide) groups is 1. The van der Waals surface area contributed by atoms with Gasteiger partial charge in [-0.15, -0.1) is 10.2 Å². The molecule has 0 aliphatic carbocycles. The molecule has 0 atom stereocenters. The fourth-order valence-electron chi connectivity index (χ4n) is 2.63. The Hall–Kier alpha value is -2.84. The quantitative estimate of drug-likeness (QED) is 0.418. The highest BCUT2D eigenvalue weighted by Gasteiger charge is 2.15. The molecule has 0 saturated heterocycles. The first kappa shape index (κ1) is 21.9. The number of nitrogens with one attached hydrogen (secondary N) is 1. The lowest BCUT2D eigenvalue weighted by atomic mass is 10.1. The SMILES string of the molecule is COc1ccc(C(=O)CSc2nnc(CC(=O)Nc3ccc(C)c(Cl)c3)n2C)cc1. The van der Waals surface area contributed by atoms with Gasteiger partial charge in [-0.25, -0.2) is 0 Å². The van der Waals surface area contributed by atoms with Gasteiger partial charge in [0.25, 0.3) is 0 Å². The van der Waals surface area contributed by atoms with Gasteiger partial charge in [0.1, 0.15) is 11.6 Å². The van der Waals surface area contributed by atoms with Crippen LogP contribution in [0, 0.1) is 6.92 Å². The van der Waals surface area contributed by atoms with Gasteiger partial charge in [0.2, 0.25) is 5.91 Å². The van der Waals surface area contributed by atoms with Crippen LogP contribution in [0.15, 0.2) is 47.6 Å². The number of carbonyl (C=O) groups is 2. The van der Waals surface area contributed by atoms with Crippen molar-refractivity contribution in [3.63, 3.8) is 0 Å². The molecular formula is C21H21ClN4O3S. The lowest BCUT2D eigenvalue weighted by Crippen LogP contribution is -2.17. The van der Waals surface area contributed by atoms with E-state index in [9.17, 15) is 9.59 Å². The van der Waals surface area contributed by atoms with Gasteiger partial charge in [-0.1, -0.05) is 29.4 Å². The fraction of sp³-hybridized carbons (Fsp3) is 0.238. The lowest BCUT2D eigenvalue weighted by Gasteiger charge is -2.07. The molecule has 0 aliphatic heterocycles. The Morgan fingerprint density at radius 3 is 2.57 bits per heavy atom. The Kier molecular flexibility index (Phi) is 7.12. The molecular weight excluding hydrogens is 424 g/mol. The second-order valence-corrected chi connectivity index (χ2v) is 7.94. The van der Waals surface area contributed by atoms with Crippen molar-refractivity contribution in [2.24, 2.45) is 7.05 Å². The van der Waals surface area contributed by atoms with Gasteiger partial charge >= 0.3 is 0 Å². The minimum Gasteiger partial charge on any atom is -0.497 e. The zero-order valence-corrected chi connectivity index (χ0v) is 18.4. The van der Waals surface area contributed by atoms with Crippen LogP contribution in [-0.2, 0) is 18.3 Å². The standard InChI is InChI=1S/C21H21ClN4O3S/c1-13-4-7-15(10-17(13)22)23-20(28)11-19-24-25-21(26(19)2)30-12-18(27)14-5-8-16(29-3)9-6-14/h4-10H,11-12H2,1-3H3,(H,23,28). The smallest absolute Gasteiger partial charge is 0.232 e. The third-order valence-electron chi connectivity index (χ3n) is 4.44. The molecule has 3 aromatic rings. The van der Waals surface area contributed by atoms with Gasteiger partial charge in [-0.05, 0) is 48.9 Å². The molecule has 9 heteroatoms. The van der Waals surface area contributed by atoms with Crippen molar-refractivity contribution in [2.75, 3.05) is 18.2 Å². The first-order chi connectivity index (χ1) is 14.4. The topological polar surface area (TPSA) is 86.1 Å². The molecule has 0 unspecified atom stereocenters. The van der Waals surface area contributed by atoms with Crippen LogP contribution in [0.25, 0.3) is 0 Å². The Morgan fingerprint density at radius 1 is 1.17 bits per heavy atom. The molecule has 0 aliphatic rings. The molecule has 156 valence electrons. The Balaban J connectivity index is 1.57. The largest absolute Gasteiger partial charge is 0.497 e. The van der Waals surface area contributed by atoms with E-state index in [1.807, 2.05) is 13.0 Å². The number of carbonyl (C=O) groups excluding carboxylic acids is 2. The van der Waals surface area contributed by atoms with E-state index >= 15 is 0 Å². The van der Waals surface area contributed by atoms with E-state index in [-0.39, 0.29) is 23.9 Å². The zero-order chi connectivity index (χ0) is 21.7. The molecule has 0 fully saturated rings. The van der Waals surface area contributed by atoms with Crippen LogP contribution in [0.5, 0.6) is 5.75 Å². The van der Waals surface area contributed by atoms with Gasteiger partial charge < -0.3 is 14.6 Å². The zero-order valence-electron chi connectivity index (χ0n) is 16.8. The van der Waals surface area contributed by atoms with E-state index in [1.54, 1.807) is 55.1 Å². The summed E-state index contributed by atoms with van der Waals surface area (Å²) in [7, 11) is 3.35. The number of aryl methyl sites for hydroxylation is 1. The Morgan fingerprint density at radius 2 is 1.90 bits per heavy atom. The van der Waals surface area contributed by atoms with Gasteiger partial charge in [0, 0.05) is 23.3 Å². The number of methoxy groups -OCH3 is 1. The van der Waals surface area contributed by atoms with Crippen LogP contribution < -0.4 is 10.1 Å². The summed E-state index contributed by atoms with van der Waals surface area (Å²) in [5.74, 6) is 1.16. The number of ketones is 1. The van der Waals surface area contributed by atoms with Crippen LogP contribution >= 0.6 is 23.4 Å². The average Bonchev–Trinajstić information content (AvgIpc) is 3.08. The minimum absolute atomic E-state index is 0.0267. The maximum Gasteiger partial charge on any atom is 0.232 e. The first-order valence-corrected chi connectivity index (χ1v) is 10.5. The number of hydrogen-bond donors (Lipinski definition) is 1. The molecule has 0 saturated carbocycles. The summed E-state index contributed by atoms with van der Waals surface area (Å²) in [5.41, 5.74) is 2.16. The number of amides is 1. The summed E-state index contributed by atoms with van der Waals surface area (Å²) in [6.45, 7) is 1.89. The van der Waals surface area contributed by atoms with Crippen molar-refractivity contribution in [3.8, 4) is 5.75 Å². The van der Waals surface area contributed by atoms with E-state index in [1.165, 1.54) is 11.8 Å². The molecule has 0 radical (unpaired) electrons. The van der Waals surface area contributed by atoms with E-state index in [0.717, 1.165) is 5.56 Å². The number of Topliss-reactive ketones (excluding diaryl/α,β-unsaturated/α-hetero) is 1. The number of nitrogens with zero attached hydrogens (tertiary/aromatic N) is 3. The summed E-state index contributed by atoms with van der Waals surface area (Å²) < 4.78 is 6.82. The molecule has 0 bridgehead atoms. The molecule has 7 nitrogen and oxygen atoms in total. The van der Waals surface area contributed by atoms with Crippen LogP contribution in [0.1, 0.15) is 21.7 Å². The van der Waals surface area contributed by atoms with Crippen molar-refractivity contribution in [3.05, 3.63) is 64.4 Å². The first-order valence-electron chi connectivity index (χ1n) is 9.11. The minimum atomic E-state index is -0.226. The van der Waals surface area contributed by atoms with Gasteiger partial charge in [-0.2, -0.15) is 0 Å². The van der Waals surface area contributed by atoms with Crippen molar-refractivity contribution >= 4 is 40.7 Å². The van der Waals surface area contributed by atoms with Crippen LogP contribution in [0.3, 0.4) is 0 Å². The van der Waals surface area contributed by atoms with Gasteiger partial charge in [0.15, 0.2) is 10.9 Å². The van der Waals surface area contributed by atoms with Crippen molar-refractivity contribution in [2.45, 2.75) is 18.5 Å². The van der Waals surface area contributed by atoms with Crippen molar-refractivity contribution in [1.29, 1.82) is 0 Å². The fourth-order valence-corrected chi connectivity index (χ4v) is 3.64. The number of aromatic nitrogens is 3. The third kappa shape index (κ3) is 5.40. The van der Waals surface area contributed by atoms with Crippen molar-refractivity contribution in [1.82, 2.24) is 14.8 Å². The number of benzene rings is 2. The van der Waals surface area contributed by atoms with Gasteiger partial charge in [0.05, 0.1) is 19.3 Å². The number of hydrogen-bond acceptors (Lipinski definition) is 6. The molecule has 3 rings (SSSR count). The number of halogens is 1. The van der Waals surface area contributed by atoms with Crippen LogP contribution in [-0.4, -0.2) is 39.3 Å². The second kappa shape index (κ2) is 9.77. The molecule has 1 aromatic heterocycles. The third-order valence-corrected chi connectivity index (χ3v) is 5.87. The molecule has 1 amide bonds. The maximum atomic E-state index is 12.4. The van der Waals surface area contributed by atoms with Crippen molar-refractivity contribution < 1.29 is 14.3 Å². The van der Waals surface area contributed by atoms with Crippen LogP contribution in [0.4, 0.5) is 5.69 Å². The van der Waals surface area contributed by atoms with Gasteiger partial charge in [-0.3, -0.25) is 9.59 Å². The number of ether oxygens (including phenoxy) is 1. The molecule has 30 heavy (non-hydrogen) atoms. The number of anilines is 1. The normalized spacial score (nSPS) is 10.7. The monoisotopic (exact) mass is 444 g/mol. The summed E-state index contributed by atoms with van der Waals surface area (Å²) in [6.07, 6.45) is 0.0575. The maximum absolute atomic E-state index is 12.4. The van der Waals surface area contributed by atoms with E-state index in [4.69, 9.17) is 16.3 Å². The Bertz CT molecular complexity index is 1070. The summed E-state index contributed by atoms with van der Waals surface area (Å²) in [6, 6.07) is 12.3. The molecule has 1 N–H and O–H groups in total. The molecule has 0 spiro atoms. The summed E-state index contributed by atoms with van der Waals surface area (Å²) >= 11 is 7.37. The summed E-state index contributed by atoms with van der Waals surface area (Å²) in [4.78, 5) is 24.7. The highest BCUT2D eigenvalue weighted by Crippen LogP contribution is 2.21. The highest BCUT2D eigenvalue weighted by molar-refractivity contribution is 7.99. The van der Waals surface area contributed by atoms with Crippen LogP contribution in [0.2, 0.25) is 5.02 Å². The predicted molar refractivity (Wildman–Crippen MR) is 118 cm³/mol. The Labute approximate surface area is 183 Å². The summed E-state index contributed by atoms with van der Waals surface area (Å²) in [5, 5.41) is 12.1. The number of rotatable bonds is 8. The molecule has 2 aromatic carbocycles. The van der Waals surface area contributed by atoms with E-state index in [2.05, 4.69) is 15.5 Å². The highest BCUT2D eigenvalue weighted by atomic mass is 35.5. The lowest BCUT2D eigenvalue weighted by molar-refractivity contribution is -0.115. The van der Waals surface area contributed by atoms with E-state index in [0.29, 0.717) is 33.0 Å². The average molecular weight is 445 g/mol.